The molecule has 5 heteroatoms. The Morgan fingerprint density at radius 1 is 0.839 bits per heavy atom. The molecule has 4 nitrogen and oxygen atoms in total. The predicted octanol–water partition coefficient (Wildman–Crippen LogP) is 5.90. The van der Waals surface area contributed by atoms with Gasteiger partial charge in [-0.25, -0.2) is 0 Å². The molecule has 31 heavy (non-hydrogen) atoms. The highest BCUT2D eigenvalue weighted by molar-refractivity contribution is 7.99. The second kappa shape index (κ2) is 10.3. The first-order valence-electron chi connectivity index (χ1n) is 10.6. The molecule has 4 rings (SSSR count). The lowest BCUT2D eigenvalue weighted by Crippen LogP contribution is -2.06. The highest BCUT2D eigenvalue weighted by Gasteiger charge is 2.15. The van der Waals surface area contributed by atoms with E-state index in [1.807, 2.05) is 18.2 Å². The van der Waals surface area contributed by atoms with E-state index in [1.165, 1.54) is 16.7 Å². The molecule has 0 unspecified atom stereocenters. The van der Waals surface area contributed by atoms with Gasteiger partial charge in [0.2, 0.25) is 0 Å². The molecule has 0 N–H and O–H groups in total. The van der Waals surface area contributed by atoms with E-state index in [2.05, 4.69) is 89.3 Å². The fraction of sp³-hybridized carbons (Fsp3) is 0.231. The third kappa shape index (κ3) is 5.56. The Morgan fingerprint density at radius 3 is 2.29 bits per heavy atom. The number of nitrogens with zero attached hydrogens (tertiary/aromatic N) is 3. The van der Waals surface area contributed by atoms with Gasteiger partial charge < -0.3 is 4.74 Å². The van der Waals surface area contributed by atoms with E-state index in [9.17, 15) is 0 Å². The molecule has 0 saturated heterocycles. The highest BCUT2D eigenvalue weighted by atomic mass is 32.2. The Hall–Kier alpha value is -3.05. The van der Waals surface area contributed by atoms with Crippen molar-refractivity contribution in [1.29, 1.82) is 0 Å². The van der Waals surface area contributed by atoms with Crippen LogP contribution in [0.3, 0.4) is 0 Å². The molecule has 1 aromatic heterocycles. The predicted molar refractivity (Wildman–Crippen MR) is 127 cm³/mol. The van der Waals surface area contributed by atoms with Gasteiger partial charge in [0.15, 0.2) is 5.16 Å². The molecule has 0 aliphatic carbocycles. The lowest BCUT2D eigenvalue weighted by molar-refractivity contribution is 0.344. The summed E-state index contributed by atoms with van der Waals surface area (Å²) in [6, 6.07) is 27.2. The van der Waals surface area contributed by atoms with E-state index < -0.39 is 0 Å². The summed E-state index contributed by atoms with van der Waals surface area (Å²) in [7, 11) is 0. The van der Waals surface area contributed by atoms with Crippen LogP contribution in [0.25, 0.3) is 5.69 Å². The lowest BCUT2D eigenvalue weighted by atomic mass is 10.1. The van der Waals surface area contributed by atoms with Crippen LogP contribution in [0.15, 0.2) is 84.0 Å². The first-order chi connectivity index (χ1) is 15.2. The Balaban J connectivity index is 1.51. The van der Waals surface area contributed by atoms with Crippen molar-refractivity contribution in [3.63, 3.8) is 0 Å². The molecular weight excluding hydrogens is 402 g/mol. The summed E-state index contributed by atoms with van der Waals surface area (Å²) in [4.78, 5) is 0. The molecule has 0 aliphatic heterocycles. The minimum Gasteiger partial charge on any atom is -0.493 e. The van der Waals surface area contributed by atoms with Crippen molar-refractivity contribution in [3.8, 4) is 11.4 Å². The Bertz CT molecular complexity index is 1090. The fourth-order valence-electron chi connectivity index (χ4n) is 3.35. The molecule has 0 atom stereocenters. The molecule has 158 valence electrons. The third-order valence-corrected chi connectivity index (χ3v) is 6.01. The summed E-state index contributed by atoms with van der Waals surface area (Å²) in [5, 5.41) is 9.93. The summed E-state index contributed by atoms with van der Waals surface area (Å²) in [6.45, 7) is 4.86. The lowest BCUT2D eigenvalue weighted by Gasteiger charge is -2.11. The van der Waals surface area contributed by atoms with Crippen LogP contribution in [0.1, 0.15) is 29.4 Å². The zero-order chi connectivity index (χ0) is 21.5. The van der Waals surface area contributed by atoms with Crippen molar-refractivity contribution < 1.29 is 4.74 Å². The number of aryl methyl sites for hydroxylation is 2. The third-order valence-electron chi connectivity index (χ3n) is 5.11. The zero-order valence-electron chi connectivity index (χ0n) is 18.0. The molecule has 0 radical (unpaired) electrons. The quantitative estimate of drug-likeness (QED) is 0.245. The van der Waals surface area contributed by atoms with Crippen LogP contribution in [0.2, 0.25) is 0 Å². The molecule has 0 amide bonds. The van der Waals surface area contributed by atoms with Crippen LogP contribution in [0.4, 0.5) is 0 Å². The normalized spacial score (nSPS) is 10.9. The average Bonchev–Trinajstić information content (AvgIpc) is 3.21. The number of benzene rings is 3. The van der Waals surface area contributed by atoms with Crippen molar-refractivity contribution in [2.75, 3.05) is 12.4 Å². The first-order valence-corrected chi connectivity index (χ1v) is 11.6. The molecule has 0 spiro atoms. The van der Waals surface area contributed by atoms with Gasteiger partial charge in [0.05, 0.1) is 6.61 Å². The maximum absolute atomic E-state index is 5.88. The van der Waals surface area contributed by atoms with E-state index >= 15 is 0 Å². The maximum atomic E-state index is 5.88. The molecule has 0 saturated carbocycles. The Kier molecular flexibility index (Phi) is 7.05. The minimum atomic E-state index is 0.614. The summed E-state index contributed by atoms with van der Waals surface area (Å²) < 4.78 is 8.05. The van der Waals surface area contributed by atoms with Crippen molar-refractivity contribution in [2.24, 2.45) is 0 Å². The summed E-state index contributed by atoms with van der Waals surface area (Å²) >= 11 is 1.67. The summed E-state index contributed by atoms with van der Waals surface area (Å²) in [5.74, 6) is 2.63. The van der Waals surface area contributed by atoms with Gasteiger partial charge in [0.1, 0.15) is 11.6 Å². The number of thioether (sulfide) groups is 1. The highest BCUT2D eigenvalue weighted by Crippen LogP contribution is 2.24. The number of hydrogen-bond donors (Lipinski definition) is 0. The smallest absolute Gasteiger partial charge is 0.195 e. The van der Waals surface area contributed by atoms with E-state index in [0.29, 0.717) is 6.61 Å². The van der Waals surface area contributed by atoms with E-state index in [0.717, 1.165) is 41.0 Å². The number of aromatic nitrogens is 3. The monoisotopic (exact) mass is 429 g/mol. The van der Waals surface area contributed by atoms with Crippen LogP contribution in [0, 0.1) is 6.92 Å². The van der Waals surface area contributed by atoms with Gasteiger partial charge in [-0.05, 0) is 48.7 Å². The molecule has 0 fully saturated rings. The zero-order valence-corrected chi connectivity index (χ0v) is 18.8. The summed E-state index contributed by atoms with van der Waals surface area (Å²) in [6.07, 6.45) is 1.76. The number of ether oxygens (including phenoxy) is 1. The minimum absolute atomic E-state index is 0.614. The number of rotatable bonds is 9. The second-order valence-corrected chi connectivity index (χ2v) is 8.49. The van der Waals surface area contributed by atoms with Gasteiger partial charge in [-0.15, -0.1) is 10.2 Å². The van der Waals surface area contributed by atoms with Crippen molar-refractivity contribution >= 4 is 11.8 Å². The number of hydrogen-bond acceptors (Lipinski definition) is 4. The standard InChI is InChI=1S/C26H27N3OS/c1-3-21-11-13-23(14-12-21)29-25(19-22-7-5-4-6-8-22)27-28-26(29)31-18-17-30-24-15-9-20(2)10-16-24/h4-16H,3,17-19H2,1-2H3. The molecule has 1 heterocycles. The SMILES string of the molecule is CCc1ccc(-n2c(Cc3ccccc3)nnc2SCCOc2ccc(C)cc2)cc1. The van der Waals surface area contributed by atoms with Crippen LogP contribution in [-0.4, -0.2) is 27.1 Å². The van der Waals surface area contributed by atoms with Gasteiger partial charge in [0, 0.05) is 17.9 Å². The van der Waals surface area contributed by atoms with Crippen LogP contribution >= 0.6 is 11.8 Å². The van der Waals surface area contributed by atoms with Crippen LogP contribution in [-0.2, 0) is 12.8 Å². The van der Waals surface area contributed by atoms with Gasteiger partial charge in [0.25, 0.3) is 0 Å². The van der Waals surface area contributed by atoms with Crippen molar-refractivity contribution in [3.05, 3.63) is 101 Å². The summed E-state index contributed by atoms with van der Waals surface area (Å²) in [5.41, 5.74) is 4.87. The molecule has 3 aromatic carbocycles. The fourth-order valence-corrected chi connectivity index (χ4v) is 4.14. The average molecular weight is 430 g/mol. The van der Waals surface area contributed by atoms with Gasteiger partial charge in [-0.2, -0.15) is 0 Å². The molecule has 4 aromatic rings. The first kappa shape index (κ1) is 21.2. The van der Waals surface area contributed by atoms with Gasteiger partial charge >= 0.3 is 0 Å². The molecule has 0 aliphatic rings. The van der Waals surface area contributed by atoms with Crippen molar-refractivity contribution in [1.82, 2.24) is 14.8 Å². The van der Waals surface area contributed by atoms with E-state index in [-0.39, 0.29) is 0 Å². The van der Waals surface area contributed by atoms with Crippen LogP contribution in [0.5, 0.6) is 5.75 Å². The Labute approximate surface area is 188 Å². The maximum Gasteiger partial charge on any atom is 0.195 e. The van der Waals surface area contributed by atoms with Gasteiger partial charge in [-0.3, -0.25) is 4.57 Å². The van der Waals surface area contributed by atoms with Crippen molar-refractivity contribution in [2.45, 2.75) is 31.8 Å². The molecule has 0 bridgehead atoms. The van der Waals surface area contributed by atoms with E-state index in [1.54, 1.807) is 11.8 Å². The largest absolute Gasteiger partial charge is 0.493 e. The molecular formula is C26H27N3OS. The van der Waals surface area contributed by atoms with Crippen LogP contribution < -0.4 is 4.74 Å². The Morgan fingerprint density at radius 2 is 1.58 bits per heavy atom. The topological polar surface area (TPSA) is 39.9 Å². The second-order valence-electron chi connectivity index (χ2n) is 7.43. The van der Waals surface area contributed by atoms with Gasteiger partial charge in [-0.1, -0.05) is 78.8 Å². The van der Waals surface area contributed by atoms with E-state index in [4.69, 9.17) is 4.74 Å².